The number of aromatic nitrogens is 2. The van der Waals surface area contributed by atoms with Crippen LogP contribution in [0.3, 0.4) is 0 Å². The van der Waals surface area contributed by atoms with Crippen molar-refractivity contribution in [1.82, 2.24) is 15.2 Å². The Morgan fingerprint density at radius 2 is 1.97 bits per heavy atom. The van der Waals surface area contributed by atoms with E-state index in [9.17, 15) is 14.9 Å². The predicted octanol–water partition coefficient (Wildman–Crippen LogP) is 4.05. The zero-order valence-electron chi connectivity index (χ0n) is 16.7. The van der Waals surface area contributed by atoms with E-state index in [4.69, 9.17) is 23.2 Å². The summed E-state index contributed by atoms with van der Waals surface area (Å²) in [5.74, 6) is -0.672. The average Bonchev–Trinajstić information content (AvgIpc) is 2.76. The number of hydrogen-bond donors (Lipinski definition) is 1. The molecule has 1 heterocycles. The number of nitriles is 1. The van der Waals surface area contributed by atoms with Gasteiger partial charge in [0.15, 0.2) is 5.69 Å². The number of nitrogens with one attached hydrogen (secondary N) is 1. The van der Waals surface area contributed by atoms with Crippen LogP contribution in [0.15, 0.2) is 52.4 Å². The number of amides is 1. The van der Waals surface area contributed by atoms with Gasteiger partial charge in [-0.25, -0.2) is 5.43 Å². The highest BCUT2D eigenvalue weighted by atomic mass is 35.5. The molecule has 3 aromatic rings. The Morgan fingerprint density at radius 3 is 2.58 bits per heavy atom. The summed E-state index contributed by atoms with van der Waals surface area (Å²) < 4.78 is 1.04. The molecule has 0 spiro atoms. The van der Waals surface area contributed by atoms with E-state index in [2.05, 4.69) is 15.6 Å². The molecule has 0 radical (unpaired) electrons. The van der Waals surface area contributed by atoms with E-state index in [-0.39, 0.29) is 16.8 Å². The second-order valence-corrected chi connectivity index (χ2v) is 7.41. The SMILES string of the molecule is CCc1ccc(-n2nc(C(=O)N/N=C/c3ccc(Cl)cc3Cl)c(C)c(C#N)c2=O)cc1. The summed E-state index contributed by atoms with van der Waals surface area (Å²) in [5.41, 5.74) is 3.75. The van der Waals surface area contributed by atoms with Crippen molar-refractivity contribution >= 4 is 35.3 Å². The summed E-state index contributed by atoms with van der Waals surface area (Å²) in [6.07, 6.45) is 2.19. The molecule has 2 aromatic carbocycles. The monoisotopic (exact) mass is 453 g/mol. The Morgan fingerprint density at radius 1 is 1.26 bits per heavy atom. The quantitative estimate of drug-likeness (QED) is 0.465. The highest BCUT2D eigenvalue weighted by molar-refractivity contribution is 6.36. The third kappa shape index (κ3) is 4.82. The summed E-state index contributed by atoms with van der Waals surface area (Å²) >= 11 is 11.9. The Labute approximate surface area is 188 Å². The van der Waals surface area contributed by atoms with Gasteiger partial charge in [0.2, 0.25) is 0 Å². The summed E-state index contributed by atoms with van der Waals surface area (Å²) in [5, 5.41) is 18.4. The zero-order chi connectivity index (χ0) is 22.5. The number of halogens is 2. The smallest absolute Gasteiger partial charge is 0.266 e. The molecule has 0 aliphatic heterocycles. The van der Waals surface area contributed by atoms with Crippen LogP contribution in [0.25, 0.3) is 5.69 Å². The molecule has 31 heavy (non-hydrogen) atoms. The lowest BCUT2D eigenvalue weighted by Gasteiger charge is -2.11. The molecular weight excluding hydrogens is 437 g/mol. The fourth-order valence-corrected chi connectivity index (χ4v) is 3.28. The van der Waals surface area contributed by atoms with Crippen LogP contribution in [-0.2, 0) is 6.42 Å². The molecule has 0 saturated carbocycles. The highest BCUT2D eigenvalue weighted by Gasteiger charge is 2.20. The number of carbonyl (C=O) groups excluding carboxylic acids is 1. The van der Waals surface area contributed by atoms with E-state index in [0.717, 1.165) is 16.7 Å². The van der Waals surface area contributed by atoms with Crippen LogP contribution in [0, 0.1) is 18.3 Å². The van der Waals surface area contributed by atoms with E-state index in [1.165, 1.54) is 13.1 Å². The van der Waals surface area contributed by atoms with Gasteiger partial charge >= 0.3 is 0 Å². The highest BCUT2D eigenvalue weighted by Crippen LogP contribution is 2.19. The van der Waals surface area contributed by atoms with Crippen LogP contribution in [0.1, 0.15) is 39.7 Å². The van der Waals surface area contributed by atoms with Gasteiger partial charge < -0.3 is 0 Å². The first-order valence-corrected chi connectivity index (χ1v) is 10.0. The Balaban J connectivity index is 1.96. The second kappa shape index (κ2) is 9.56. The first-order chi connectivity index (χ1) is 14.8. The average molecular weight is 454 g/mol. The molecule has 7 nitrogen and oxygen atoms in total. The van der Waals surface area contributed by atoms with Crippen LogP contribution >= 0.6 is 23.2 Å². The van der Waals surface area contributed by atoms with Crippen LogP contribution in [0.2, 0.25) is 10.0 Å². The summed E-state index contributed by atoms with van der Waals surface area (Å²) in [6.45, 7) is 3.51. The number of carbonyl (C=O) groups is 1. The van der Waals surface area contributed by atoms with E-state index in [0.29, 0.717) is 21.3 Å². The van der Waals surface area contributed by atoms with Crippen LogP contribution in [0.4, 0.5) is 0 Å². The minimum atomic E-state index is -0.672. The van der Waals surface area contributed by atoms with Crippen molar-refractivity contribution in [2.45, 2.75) is 20.3 Å². The molecule has 1 aromatic heterocycles. The van der Waals surface area contributed by atoms with Gasteiger partial charge in [0.05, 0.1) is 16.9 Å². The second-order valence-electron chi connectivity index (χ2n) is 6.56. The lowest BCUT2D eigenvalue weighted by Crippen LogP contribution is -2.31. The summed E-state index contributed by atoms with van der Waals surface area (Å²) in [7, 11) is 0. The predicted molar refractivity (Wildman–Crippen MR) is 120 cm³/mol. The van der Waals surface area contributed by atoms with Crippen molar-refractivity contribution in [3.05, 3.63) is 90.8 Å². The van der Waals surface area contributed by atoms with Gasteiger partial charge in [0.1, 0.15) is 11.6 Å². The minimum absolute atomic E-state index is 0.0879. The van der Waals surface area contributed by atoms with Gasteiger partial charge in [0, 0.05) is 16.1 Å². The summed E-state index contributed by atoms with van der Waals surface area (Å²) in [6, 6.07) is 13.8. The normalized spacial score (nSPS) is 10.8. The lowest BCUT2D eigenvalue weighted by molar-refractivity contribution is 0.0947. The van der Waals surface area contributed by atoms with Gasteiger partial charge in [-0.05, 0) is 43.2 Å². The van der Waals surface area contributed by atoms with Crippen LogP contribution in [0.5, 0.6) is 0 Å². The van der Waals surface area contributed by atoms with Crippen LogP contribution < -0.4 is 11.0 Å². The Hall–Kier alpha value is -3.47. The molecule has 156 valence electrons. The molecule has 0 atom stereocenters. The molecule has 0 bridgehead atoms. The number of benzene rings is 2. The van der Waals surface area contributed by atoms with E-state index in [1.807, 2.05) is 25.1 Å². The molecule has 9 heteroatoms. The van der Waals surface area contributed by atoms with Crippen molar-refractivity contribution in [2.24, 2.45) is 5.10 Å². The van der Waals surface area contributed by atoms with Gasteiger partial charge in [-0.15, -0.1) is 0 Å². The maximum atomic E-state index is 12.7. The van der Waals surface area contributed by atoms with Gasteiger partial charge in [0.25, 0.3) is 11.5 Å². The van der Waals surface area contributed by atoms with Crippen LogP contribution in [-0.4, -0.2) is 21.9 Å². The van der Waals surface area contributed by atoms with Crippen molar-refractivity contribution in [3.63, 3.8) is 0 Å². The standard InChI is InChI=1S/C22H17Cl2N5O2/c1-3-14-4-8-17(9-5-14)29-22(31)18(11-25)13(2)20(28-29)21(30)27-26-12-15-6-7-16(23)10-19(15)24/h4-10,12H,3H2,1-2H3,(H,27,30)/b26-12+. The van der Waals surface area contributed by atoms with E-state index < -0.39 is 11.5 Å². The largest absolute Gasteiger partial charge is 0.292 e. The zero-order valence-corrected chi connectivity index (χ0v) is 18.2. The Bertz CT molecular complexity index is 1270. The van der Waals surface area contributed by atoms with Gasteiger partial charge in [-0.3, -0.25) is 9.59 Å². The molecule has 0 unspecified atom stereocenters. The van der Waals surface area contributed by atoms with Crippen molar-refractivity contribution in [3.8, 4) is 11.8 Å². The molecule has 0 aliphatic rings. The summed E-state index contributed by atoms with van der Waals surface area (Å²) in [4.78, 5) is 25.4. The number of nitrogens with zero attached hydrogens (tertiary/aromatic N) is 4. The number of hydrazone groups is 1. The van der Waals surface area contributed by atoms with E-state index in [1.54, 1.807) is 30.3 Å². The molecular formula is C22H17Cl2N5O2. The molecule has 0 saturated heterocycles. The first kappa shape index (κ1) is 22.2. The first-order valence-electron chi connectivity index (χ1n) is 9.27. The maximum Gasteiger partial charge on any atom is 0.292 e. The third-order valence-corrected chi connectivity index (χ3v) is 5.15. The molecule has 3 rings (SSSR count). The van der Waals surface area contributed by atoms with Crippen molar-refractivity contribution in [1.29, 1.82) is 5.26 Å². The number of aryl methyl sites for hydroxylation is 1. The fourth-order valence-electron chi connectivity index (χ4n) is 2.82. The van der Waals surface area contributed by atoms with E-state index >= 15 is 0 Å². The molecule has 1 amide bonds. The number of hydrogen-bond acceptors (Lipinski definition) is 5. The topological polar surface area (TPSA) is 100 Å². The minimum Gasteiger partial charge on any atom is -0.266 e. The molecule has 0 aliphatic carbocycles. The Kier molecular flexibility index (Phi) is 6.85. The van der Waals surface area contributed by atoms with Crippen molar-refractivity contribution < 1.29 is 4.79 Å². The molecule has 0 fully saturated rings. The fraction of sp³-hybridized carbons (Fsp3) is 0.136. The van der Waals surface area contributed by atoms with Gasteiger partial charge in [-0.1, -0.05) is 48.3 Å². The van der Waals surface area contributed by atoms with Gasteiger partial charge in [-0.2, -0.15) is 20.1 Å². The van der Waals surface area contributed by atoms with Crippen molar-refractivity contribution in [2.75, 3.05) is 0 Å². The maximum absolute atomic E-state index is 12.7. The third-order valence-electron chi connectivity index (χ3n) is 4.58. The lowest BCUT2D eigenvalue weighted by atomic mass is 10.1. The molecule has 1 N–H and O–H groups in total. The number of rotatable bonds is 5.